The Bertz CT molecular complexity index is 300. The second kappa shape index (κ2) is 7.22. The first-order valence-electron chi connectivity index (χ1n) is 5.18. The van der Waals surface area contributed by atoms with Crippen molar-refractivity contribution in [1.29, 1.82) is 0 Å². The predicted molar refractivity (Wildman–Crippen MR) is 63.5 cm³/mol. The highest BCUT2D eigenvalue weighted by atomic mass is 16.7. The lowest BCUT2D eigenvalue weighted by atomic mass is 10.2. The molecule has 0 fully saturated rings. The first-order chi connectivity index (χ1) is 7.81. The molecule has 90 valence electrons. The van der Waals surface area contributed by atoms with Gasteiger partial charge in [0.25, 0.3) is 0 Å². The Morgan fingerprint density at radius 3 is 2.44 bits per heavy atom. The quantitative estimate of drug-likeness (QED) is 0.719. The maximum atomic E-state index is 5.13. The predicted octanol–water partition coefficient (Wildman–Crippen LogP) is 1.86. The van der Waals surface area contributed by atoms with Gasteiger partial charge in [-0.2, -0.15) is 0 Å². The number of benzene rings is 1. The number of rotatable bonds is 7. The van der Waals surface area contributed by atoms with Crippen LogP contribution in [0, 0.1) is 0 Å². The summed E-state index contributed by atoms with van der Waals surface area (Å²) in [6.07, 6.45) is -0.240. The number of nitrogens with one attached hydrogen (secondary N) is 1. The van der Waals surface area contributed by atoms with Gasteiger partial charge in [0.15, 0.2) is 6.29 Å². The van der Waals surface area contributed by atoms with Crippen LogP contribution in [0.2, 0.25) is 0 Å². The fourth-order valence-electron chi connectivity index (χ4n) is 1.43. The van der Waals surface area contributed by atoms with Crippen LogP contribution in [0.3, 0.4) is 0 Å². The molecular formula is C12H19NO3. The third-order valence-corrected chi connectivity index (χ3v) is 2.30. The Labute approximate surface area is 96.5 Å². The topological polar surface area (TPSA) is 39.7 Å². The van der Waals surface area contributed by atoms with E-state index in [9.17, 15) is 0 Å². The van der Waals surface area contributed by atoms with Gasteiger partial charge in [0.2, 0.25) is 0 Å². The van der Waals surface area contributed by atoms with Crippen molar-refractivity contribution in [3.63, 3.8) is 0 Å². The molecule has 0 saturated carbocycles. The highest BCUT2D eigenvalue weighted by molar-refractivity contribution is 5.50. The lowest BCUT2D eigenvalue weighted by molar-refractivity contribution is -0.0914. The maximum Gasteiger partial charge on any atom is 0.173 e. The summed E-state index contributed by atoms with van der Waals surface area (Å²) in [6, 6.07) is 8.01. The lowest BCUT2D eigenvalue weighted by Crippen LogP contribution is -2.24. The zero-order chi connectivity index (χ0) is 11.8. The van der Waals surface area contributed by atoms with E-state index in [0.717, 1.165) is 11.3 Å². The number of methoxy groups -OCH3 is 3. The monoisotopic (exact) mass is 225 g/mol. The number of ether oxygens (including phenoxy) is 3. The van der Waals surface area contributed by atoms with Gasteiger partial charge in [-0.15, -0.1) is 0 Å². The summed E-state index contributed by atoms with van der Waals surface area (Å²) in [6.45, 7) is 1.20. The molecule has 0 bridgehead atoms. The van der Waals surface area contributed by atoms with Gasteiger partial charge in [-0.1, -0.05) is 18.2 Å². The van der Waals surface area contributed by atoms with Gasteiger partial charge in [-0.3, -0.25) is 0 Å². The molecule has 0 atom stereocenters. The van der Waals surface area contributed by atoms with E-state index >= 15 is 0 Å². The molecule has 1 rings (SSSR count). The Hall–Kier alpha value is -1.10. The fourth-order valence-corrected chi connectivity index (χ4v) is 1.43. The van der Waals surface area contributed by atoms with Crippen LogP contribution >= 0.6 is 0 Å². The SMILES string of the molecule is COCc1ccccc1NCC(OC)OC. The third kappa shape index (κ3) is 3.81. The summed E-state index contributed by atoms with van der Waals surface area (Å²) < 4.78 is 15.3. The second-order valence-electron chi connectivity index (χ2n) is 3.37. The van der Waals surface area contributed by atoms with E-state index in [2.05, 4.69) is 5.32 Å². The normalized spacial score (nSPS) is 10.8. The van der Waals surface area contributed by atoms with Crippen molar-refractivity contribution >= 4 is 5.69 Å². The average Bonchev–Trinajstić information content (AvgIpc) is 2.33. The molecule has 0 spiro atoms. The number of hydrogen-bond acceptors (Lipinski definition) is 4. The summed E-state index contributed by atoms with van der Waals surface area (Å²) in [7, 11) is 4.93. The first-order valence-corrected chi connectivity index (χ1v) is 5.18. The van der Waals surface area contributed by atoms with Crippen LogP contribution in [0.25, 0.3) is 0 Å². The van der Waals surface area contributed by atoms with Crippen LogP contribution < -0.4 is 5.32 Å². The Kier molecular flexibility index (Phi) is 5.85. The van der Waals surface area contributed by atoms with Crippen molar-refractivity contribution in [2.75, 3.05) is 33.2 Å². The molecule has 0 aliphatic carbocycles. The van der Waals surface area contributed by atoms with Crippen molar-refractivity contribution in [3.8, 4) is 0 Å². The molecule has 0 aliphatic rings. The highest BCUT2D eigenvalue weighted by Crippen LogP contribution is 2.15. The van der Waals surface area contributed by atoms with Gasteiger partial charge >= 0.3 is 0 Å². The molecule has 16 heavy (non-hydrogen) atoms. The Morgan fingerprint density at radius 1 is 1.12 bits per heavy atom. The van der Waals surface area contributed by atoms with Gasteiger partial charge in [0.05, 0.1) is 13.2 Å². The average molecular weight is 225 g/mol. The molecule has 0 aliphatic heterocycles. The molecule has 0 aromatic heterocycles. The van der Waals surface area contributed by atoms with Crippen molar-refractivity contribution in [2.24, 2.45) is 0 Å². The number of para-hydroxylation sites is 1. The van der Waals surface area contributed by atoms with Crippen molar-refractivity contribution in [3.05, 3.63) is 29.8 Å². The van der Waals surface area contributed by atoms with Crippen LogP contribution in [-0.4, -0.2) is 34.2 Å². The standard InChI is InChI=1S/C12H19NO3/c1-14-9-10-6-4-5-7-11(10)13-8-12(15-2)16-3/h4-7,12-13H,8-9H2,1-3H3. The molecule has 0 amide bonds. The molecule has 0 unspecified atom stereocenters. The Morgan fingerprint density at radius 2 is 1.81 bits per heavy atom. The molecule has 1 aromatic carbocycles. The zero-order valence-corrected chi connectivity index (χ0v) is 10.0. The molecule has 0 saturated heterocycles. The first kappa shape index (κ1) is 13.0. The summed E-state index contributed by atoms with van der Waals surface area (Å²) in [5, 5.41) is 3.27. The van der Waals surface area contributed by atoms with Crippen LogP contribution in [-0.2, 0) is 20.8 Å². The van der Waals surface area contributed by atoms with Gasteiger partial charge in [0.1, 0.15) is 0 Å². The van der Waals surface area contributed by atoms with Gasteiger partial charge < -0.3 is 19.5 Å². The molecule has 4 heteroatoms. The summed E-state index contributed by atoms with van der Waals surface area (Å²) in [4.78, 5) is 0. The molecule has 1 N–H and O–H groups in total. The largest absolute Gasteiger partial charge is 0.380 e. The zero-order valence-electron chi connectivity index (χ0n) is 10.0. The van der Waals surface area contributed by atoms with Crippen LogP contribution in [0.1, 0.15) is 5.56 Å². The van der Waals surface area contributed by atoms with Crippen molar-refractivity contribution in [2.45, 2.75) is 12.9 Å². The summed E-state index contributed by atoms with van der Waals surface area (Å²) in [5.74, 6) is 0. The number of hydrogen-bond donors (Lipinski definition) is 1. The number of anilines is 1. The minimum Gasteiger partial charge on any atom is -0.380 e. The third-order valence-electron chi connectivity index (χ3n) is 2.30. The summed E-state index contributed by atoms with van der Waals surface area (Å²) in [5.41, 5.74) is 2.17. The van der Waals surface area contributed by atoms with E-state index in [0.29, 0.717) is 13.2 Å². The smallest absolute Gasteiger partial charge is 0.173 e. The van der Waals surface area contributed by atoms with Crippen LogP contribution in [0.5, 0.6) is 0 Å². The molecule has 1 aromatic rings. The van der Waals surface area contributed by atoms with E-state index in [1.165, 1.54) is 0 Å². The van der Waals surface area contributed by atoms with E-state index < -0.39 is 0 Å². The summed E-state index contributed by atoms with van der Waals surface area (Å²) >= 11 is 0. The fraction of sp³-hybridized carbons (Fsp3) is 0.500. The molecule has 0 heterocycles. The maximum absolute atomic E-state index is 5.13. The second-order valence-corrected chi connectivity index (χ2v) is 3.37. The van der Waals surface area contributed by atoms with Crippen LogP contribution in [0.15, 0.2) is 24.3 Å². The highest BCUT2D eigenvalue weighted by Gasteiger charge is 2.06. The van der Waals surface area contributed by atoms with Crippen LogP contribution in [0.4, 0.5) is 5.69 Å². The van der Waals surface area contributed by atoms with E-state index in [1.54, 1.807) is 21.3 Å². The van der Waals surface area contributed by atoms with E-state index in [1.807, 2.05) is 24.3 Å². The van der Waals surface area contributed by atoms with E-state index in [-0.39, 0.29) is 6.29 Å². The Balaban J connectivity index is 2.58. The molecule has 4 nitrogen and oxygen atoms in total. The minimum absolute atomic E-state index is 0.240. The van der Waals surface area contributed by atoms with Gasteiger partial charge in [-0.25, -0.2) is 0 Å². The molecular weight excluding hydrogens is 206 g/mol. The van der Waals surface area contributed by atoms with Crippen molar-refractivity contribution < 1.29 is 14.2 Å². The minimum atomic E-state index is -0.240. The lowest BCUT2D eigenvalue weighted by Gasteiger charge is -2.16. The van der Waals surface area contributed by atoms with Gasteiger partial charge in [0, 0.05) is 32.6 Å². The molecule has 0 radical (unpaired) electrons. The van der Waals surface area contributed by atoms with Gasteiger partial charge in [-0.05, 0) is 6.07 Å². The van der Waals surface area contributed by atoms with E-state index in [4.69, 9.17) is 14.2 Å². The van der Waals surface area contributed by atoms with Crippen molar-refractivity contribution in [1.82, 2.24) is 0 Å².